The minimum absolute atomic E-state index is 0.147. The lowest BCUT2D eigenvalue weighted by Gasteiger charge is -2.20. The van der Waals surface area contributed by atoms with Gasteiger partial charge in [0.15, 0.2) is 0 Å². The number of ether oxygens (including phenoxy) is 2. The number of rotatable bonds is 7. The molecular formula is C17H26BrNO6. The molecule has 0 saturated heterocycles. The van der Waals surface area contributed by atoms with Gasteiger partial charge in [0, 0.05) is 16.6 Å². The fourth-order valence-corrected chi connectivity index (χ4v) is 2.06. The zero-order chi connectivity index (χ0) is 19.5. The largest absolute Gasteiger partial charge is 0.491 e. The molecule has 0 aliphatic carbocycles. The number of hydrogen-bond acceptors (Lipinski definition) is 5. The number of halogens is 1. The number of nitrogens with one attached hydrogen (secondary N) is 1. The van der Waals surface area contributed by atoms with E-state index in [9.17, 15) is 0 Å². The molecule has 0 aromatic heterocycles. The van der Waals surface area contributed by atoms with Crippen LogP contribution in [0.25, 0.3) is 0 Å². The Hall–Kier alpha value is -1.64. The van der Waals surface area contributed by atoms with Gasteiger partial charge in [0.1, 0.15) is 12.4 Å². The predicted octanol–water partition coefficient (Wildman–Crippen LogP) is 2.70. The maximum absolute atomic E-state index is 9.10. The second kappa shape index (κ2) is 11.8. The smallest absolute Gasteiger partial charge is 0.414 e. The molecule has 1 aromatic rings. The number of aryl methyl sites for hydroxylation is 1. The fourth-order valence-electron chi connectivity index (χ4n) is 1.59. The Morgan fingerprint density at radius 3 is 2.20 bits per heavy atom. The normalized spacial score (nSPS) is 10.6. The summed E-state index contributed by atoms with van der Waals surface area (Å²) >= 11 is 3.44. The van der Waals surface area contributed by atoms with Crippen molar-refractivity contribution in [1.29, 1.82) is 0 Å². The molecule has 0 unspecified atom stereocenters. The first-order chi connectivity index (χ1) is 11.5. The van der Waals surface area contributed by atoms with Crippen LogP contribution in [0, 0.1) is 6.92 Å². The number of aliphatic carboxylic acids is 2. The highest BCUT2D eigenvalue weighted by Crippen LogP contribution is 2.21. The SMILES string of the molecule is Cc1cc(Br)ccc1OCCOCCNC(C)(C)C.O=C(O)C(=O)O. The van der Waals surface area contributed by atoms with E-state index in [0.717, 1.165) is 22.3 Å². The van der Waals surface area contributed by atoms with Crippen LogP contribution in [0.4, 0.5) is 0 Å². The van der Waals surface area contributed by atoms with Gasteiger partial charge < -0.3 is 25.0 Å². The summed E-state index contributed by atoms with van der Waals surface area (Å²) < 4.78 is 12.3. The van der Waals surface area contributed by atoms with Crippen molar-refractivity contribution in [2.45, 2.75) is 33.2 Å². The van der Waals surface area contributed by atoms with Gasteiger partial charge in [0.05, 0.1) is 13.2 Å². The van der Waals surface area contributed by atoms with E-state index >= 15 is 0 Å². The zero-order valence-corrected chi connectivity index (χ0v) is 16.6. The highest BCUT2D eigenvalue weighted by atomic mass is 79.9. The lowest BCUT2D eigenvalue weighted by atomic mass is 10.1. The van der Waals surface area contributed by atoms with Gasteiger partial charge in [-0.05, 0) is 51.5 Å². The van der Waals surface area contributed by atoms with Crippen molar-refractivity contribution in [2.75, 3.05) is 26.4 Å². The van der Waals surface area contributed by atoms with Crippen LogP contribution in [0.5, 0.6) is 5.75 Å². The van der Waals surface area contributed by atoms with E-state index in [1.807, 2.05) is 25.1 Å². The Balaban J connectivity index is 0.000000823. The number of hydrogen-bond donors (Lipinski definition) is 3. The quantitative estimate of drug-likeness (QED) is 0.460. The average Bonchev–Trinajstić information content (AvgIpc) is 2.47. The Morgan fingerprint density at radius 1 is 1.12 bits per heavy atom. The van der Waals surface area contributed by atoms with E-state index in [-0.39, 0.29) is 5.54 Å². The van der Waals surface area contributed by atoms with E-state index in [0.29, 0.717) is 19.8 Å². The first-order valence-corrected chi connectivity index (χ1v) is 8.50. The molecular weight excluding hydrogens is 394 g/mol. The third-order valence-electron chi connectivity index (χ3n) is 2.71. The van der Waals surface area contributed by atoms with Gasteiger partial charge in [0.25, 0.3) is 0 Å². The summed E-state index contributed by atoms with van der Waals surface area (Å²) in [7, 11) is 0. The van der Waals surface area contributed by atoms with Crippen LogP contribution < -0.4 is 10.1 Å². The van der Waals surface area contributed by atoms with Crippen LogP contribution in [-0.4, -0.2) is 54.1 Å². The van der Waals surface area contributed by atoms with Gasteiger partial charge in [-0.2, -0.15) is 0 Å². The molecule has 0 heterocycles. The zero-order valence-electron chi connectivity index (χ0n) is 15.0. The molecule has 8 heteroatoms. The van der Waals surface area contributed by atoms with Crippen molar-refractivity contribution >= 4 is 27.9 Å². The highest BCUT2D eigenvalue weighted by Gasteiger charge is 2.07. The van der Waals surface area contributed by atoms with E-state index < -0.39 is 11.9 Å². The van der Waals surface area contributed by atoms with Crippen LogP contribution >= 0.6 is 15.9 Å². The lowest BCUT2D eigenvalue weighted by molar-refractivity contribution is -0.159. The standard InChI is InChI=1S/C15H24BrNO2.C2H2O4/c1-12-11-13(16)5-6-14(12)19-10-9-18-8-7-17-15(2,3)4;3-1(4)2(5)6/h5-6,11,17H,7-10H2,1-4H3;(H,3,4)(H,5,6). The second-order valence-electron chi connectivity index (χ2n) is 6.16. The Bertz CT molecular complexity index is 545. The first-order valence-electron chi connectivity index (χ1n) is 7.71. The molecule has 1 rings (SSSR count). The van der Waals surface area contributed by atoms with Crippen molar-refractivity contribution in [2.24, 2.45) is 0 Å². The Morgan fingerprint density at radius 2 is 1.72 bits per heavy atom. The molecule has 1 aromatic carbocycles. The third-order valence-corrected chi connectivity index (χ3v) is 3.20. The summed E-state index contributed by atoms with van der Waals surface area (Å²) in [6, 6.07) is 6.00. The second-order valence-corrected chi connectivity index (χ2v) is 7.07. The molecule has 3 N–H and O–H groups in total. The lowest BCUT2D eigenvalue weighted by Crippen LogP contribution is -2.38. The van der Waals surface area contributed by atoms with Crippen LogP contribution in [0.2, 0.25) is 0 Å². The maximum Gasteiger partial charge on any atom is 0.414 e. The van der Waals surface area contributed by atoms with Gasteiger partial charge in [-0.25, -0.2) is 9.59 Å². The minimum Gasteiger partial charge on any atom is -0.491 e. The monoisotopic (exact) mass is 419 g/mol. The number of carbonyl (C=O) groups is 2. The van der Waals surface area contributed by atoms with Crippen LogP contribution in [0.1, 0.15) is 26.3 Å². The summed E-state index contributed by atoms with van der Waals surface area (Å²) in [4.78, 5) is 18.2. The van der Waals surface area contributed by atoms with Crippen molar-refractivity contribution in [3.8, 4) is 5.75 Å². The maximum atomic E-state index is 9.10. The molecule has 0 bridgehead atoms. The Labute approximate surface area is 156 Å². The molecule has 0 aliphatic rings. The van der Waals surface area contributed by atoms with Crippen molar-refractivity contribution < 1.29 is 29.3 Å². The van der Waals surface area contributed by atoms with E-state index in [1.54, 1.807) is 0 Å². The first kappa shape index (κ1) is 23.4. The van der Waals surface area contributed by atoms with Crippen LogP contribution in [0.15, 0.2) is 22.7 Å². The predicted molar refractivity (Wildman–Crippen MR) is 98.2 cm³/mol. The van der Waals surface area contributed by atoms with Crippen molar-refractivity contribution in [3.63, 3.8) is 0 Å². The van der Waals surface area contributed by atoms with Gasteiger partial charge in [-0.3, -0.25) is 0 Å². The molecule has 0 saturated carbocycles. The minimum atomic E-state index is -1.82. The van der Waals surface area contributed by atoms with Gasteiger partial charge in [-0.15, -0.1) is 0 Å². The van der Waals surface area contributed by atoms with Crippen LogP contribution in [0.3, 0.4) is 0 Å². The number of benzene rings is 1. The van der Waals surface area contributed by atoms with E-state index in [4.69, 9.17) is 29.3 Å². The topological polar surface area (TPSA) is 105 Å². The highest BCUT2D eigenvalue weighted by molar-refractivity contribution is 9.10. The molecule has 0 fully saturated rings. The Kier molecular flexibility index (Phi) is 11.1. The molecule has 0 spiro atoms. The summed E-state index contributed by atoms with van der Waals surface area (Å²) in [5.41, 5.74) is 1.28. The fraction of sp³-hybridized carbons (Fsp3) is 0.529. The van der Waals surface area contributed by atoms with E-state index in [1.165, 1.54) is 0 Å². The van der Waals surface area contributed by atoms with Crippen molar-refractivity contribution in [1.82, 2.24) is 5.32 Å². The van der Waals surface area contributed by atoms with E-state index in [2.05, 4.69) is 42.0 Å². The summed E-state index contributed by atoms with van der Waals surface area (Å²) in [6.45, 7) is 11.2. The van der Waals surface area contributed by atoms with Gasteiger partial charge in [-0.1, -0.05) is 15.9 Å². The average molecular weight is 420 g/mol. The summed E-state index contributed by atoms with van der Waals surface area (Å²) in [5, 5.41) is 18.2. The molecule has 142 valence electrons. The molecule has 0 aliphatic heterocycles. The van der Waals surface area contributed by atoms with Crippen LogP contribution in [-0.2, 0) is 14.3 Å². The summed E-state index contributed by atoms with van der Waals surface area (Å²) in [6.07, 6.45) is 0. The summed E-state index contributed by atoms with van der Waals surface area (Å²) in [5.74, 6) is -2.73. The number of carboxylic acids is 2. The van der Waals surface area contributed by atoms with Gasteiger partial charge >= 0.3 is 11.9 Å². The molecule has 25 heavy (non-hydrogen) atoms. The molecule has 7 nitrogen and oxygen atoms in total. The third kappa shape index (κ3) is 13.3. The molecule has 0 radical (unpaired) electrons. The van der Waals surface area contributed by atoms with Crippen molar-refractivity contribution in [3.05, 3.63) is 28.2 Å². The number of carboxylic acid groups (broad SMARTS) is 2. The van der Waals surface area contributed by atoms with Gasteiger partial charge in [0.2, 0.25) is 0 Å². The molecule has 0 atom stereocenters. The molecule has 0 amide bonds.